The Hall–Kier alpha value is -1.92. The molecule has 12 heteroatoms. The van der Waals surface area contributed by atoms with Crippen LogP contribution in [0.2, 0.25) is 0 Å². The van der Waals surface area contributed by atoms with Gasteiger partial charge in [0.05, 0.1) is 24.7 Å². The van der Waals surface area contributed by atoms with Gasteiger partial charge in [-0.05, 0) is 0 Å². The van der Waals surface area contributed by atoms with Crippen LogP contribution in [0.4, 0.5) is 4.79 Å². The Morgan fingerprint density at radius 3 is 2.70 bits per heavy atom. The molecule has 27 heavy (non-hydrogen) atoms. The van der Waals surface area contributed by atoms with Crippen LogP contribution in [0.15, 0.2) is 0 Å². The van der Waals surface area contributed by atoms with E-state index in [-0.39, 0.29) is 42.4 Å². The zero-order chi connectivity index (χ0) is 19.3. The number of carbonyl (C=O) groups is 2. The van der Waals surface area contributed by atoms with E-state index in [1.807, 2.05) is 6.92 Å². The van der Waals surface area contributed by atoms with Crippen molar-refractivity contribution < 1.29 is 31.3 Å². The van der Waals surface area contributed by atoms with Crippen molar-refractivity contribution in [2.24, 2.45) is 5.92 Å². The fourth-order valence-electron chi connectivity index (χ4n) is 4.80. The van der Waals surface area contributed by atoms with Gasteiger partial charge in [-0.2, -0.15) is 0 Å². The molecule has 4 heterocycles. The van der Waals surface area contributed by atoms with Crippen LogP contribution in [0.25, 0.3) is 0 Å². The minimum Gasteiger partial charge on any atom is -0.726 e. The first kappa shape index (κ1) is 18.4. The lowest BCUT2D eigenvalue weighted by molar-refractivity contribution is -0.620. The first-order valence-electron chi connectivity index (χ1n) is 9.10. The summed E-state index contributed by atoms with van der Waals surface area (Å²) in [6, 6.07) is -0.686. The van der Waals surface area contributed by atoms with E-state index in [9.17, 15) is 22.6 Å². The summed E-state index contributed by atoms with van der Waals surface area (Å²) in [7, 11) is -4.76. The number of hydrogen-bond donors (Lipinski definition) is 4. The highest BCUT2D eigenvalue weighted by Crippen LogP contribution is 2.34. The molecule has 0 saturated carbocycles. The van der Waals surface area contributed by atoms with Crippen molar-refractivity contribution in [1.29, 1.82) is 0 Å². The van der Waals surface area contributed by atoms with Gasteiger partial charge in [0, 0.05) is 37.6 Å². The molecule has 4 aliphatic rings. The fraction of sp³-hybridized carbons (Fsp3) is 0.800. The van der Waals surface area contributed by atoms with Crippen LogP contribution in [0.3, 0.4) is 0 Å². The Balaban J connectivity index is 1.49. The van der Waals surface area contributed by atoms with Crippen LogP contribution in [-0.2, 0) is 19.4 Å². The molecule has 4 N–H and O–H groups in total. The van der Waals surface area contributed by atoms with Crippen molar-refractivity contribution >= 4 is 28.3 Å². The van der Waals surface area contributed by atoms with Gasteiger partial charge in [0.25, 0.3) is 0 Å². The highest BCUT2D eigenvalue weighted by molar-refractivity contribution is 7.80. The van der Waals surface area contributed by atoms with Gasteiger partial charge in [-0.15, -0.1) is 0 Å². The van der Waals surface area contributed by atoms with Gasteiger partial charge in [0.2, 0.25) is 16.3 Å². The number of amides is 3. The Bertz CT molecular complexity index is 783. The second-order valence-electron chi connectivity index (χ2n) is 7.73. The van der Waals surface area contributed by atoms with E-state index in [0.717, 1.165) is 5.96 Å². The first-order chi connectivity index (χ1) is 12.7. The van der Waals surface area contributed by atoms with Crippen LogP contribution in [0.1, 0.15) is 32.6 Å². The summed E-state index contributed by atoms with van der Waals surface area (Å²) in [5.41, 5.74) is 0. The molecule has 11 nitrogen and oxygen atoms in total. The van der Waals surface area contributed by atoms with Crippen molar-refractivity contribution in [3.63, 3.8) is 0 Å². The average molecular weight is 403 g/mol. The Morgan fingerprint density at radius 1 is 1.22 bits per heavy atom. The summed E-state index contributed by atoms with van der Waals surface area (Å²) in [5.74, 6) is 0.464. The molecular formula is C15H23N5O6S. The molecule has 150 valence electrons. The SMILES string of the molecule is CC1C(OS(=O)(=O)[O-])CC2CC(CC3CC(=O)NC(=O)N3)NC3=[N+]2[13CH]1[13CH2]N3. The molecule has 0 radical (unpaired) electrons. The molecule has 0 aromatic rings. The third-order valence-electron chi connectivity index (χ3n) is 5.91. The van der Waals surface area contributed by atoms with Crippen molar-refractivity contribution in [2.75, 3.05) is 6.54 Å². The zero-order valence-electron chi connectivity index (χ0n) is 14.8. The Morgan fingerprint density at radius 2 is 2.00 bits per heavy atom. The second-order valence-corrected chi connectivity index (χ2v) is 8.74. The van der Waals surface area contributed by atoms with Gasteiger partial charge in [0.1, 0.15) is 6.04 Å². The standard InChI is InChI=1S/C15H23N5O6S/c1-7-11-6-16-14-17-8(2-9-4-13(21)19-15(22)18-9)3-10(20(11)14)5-12(7)26-27(23,24)25/h7-12H,2-6H2,1H3,(H4,16,17,18,19,21,22,23,24,25)/i6+1,11+1. The number of hydrogen-bond acceptors (Lipinski definition) is 8. The lowest BCUT2D eigenvalue weighted by atomic mass is 9.89. The number of nitrogens with one attached hydrogen (secondary N) is 4. The number of rotatable bonds is 4. The summed E-state index contributed by atoms with van der Waals surface area (Å²) >= 11 is 0. The summed E-state index contributed by atoms with van der Waals surface area (Å²) in [6.07, 6.45) is 1.27. The van der Waals surface area contributed by atoms with Gasteiger partial charge >= 0.3 is 12.0 Å². The molecule has 6 atom stereocenters. The van der Waals surface area contributed by atoms with E-state index in [4.69, 9.17) is 4.18 Å². The molecule has 4 aliphatic heterocycles. The summed E-state index contributed by atoms with van der Waals surface area (Å²) < 4.78 is 40.3. The molecule has 0 aromatic carbocycles. The van der Waals surface area contributed by atoms with Gasteiger partial charge < -0.3 is 9.87 Å². The number of nitrogens with zero attached hydrogens (tertiary/aromatic N) is 1. The highest BCUT2D eigenvalue weighted by atomic mass is 32.3. The van der Waals surface area contributed by atoms with Gasteiger partial charge in [-0.3, -0.25) is 29.5 Å². The van der Waals surface area contributed by atoms with Gasteiger partial charge in [-0.1, -0.05) is 6.92 Å². The van der Waals surface area contributed by atoms with E-state index in [2.05, 4.69) is 25.8 Å². The number of urea groups is 1. The molecule has 6 unspecified atom stereocenters. The fourth-order valence-corrected chi connectivity index (χ4v) is 5.36. The summed E-state index contributed by atoms with van der Waals surface area (Å²) in [6.45, 7) is 2.53. The van der Waals surface area contributed by atoms with Crippen molar-refractivity contribution in [2.45, 2.75) is 62.9 Å². The van der Waals surface area contributed by atoms with E-state index in [0.29, 0.717) is 25.8 Å². The number of guanidine groups is 1. The van der Waals surface area contributed by atoms with Gasteiger partial charge in [-0.25, -0.2) is 13.2 Å². The molecular weight excluding hydrogens is 380 g/mol. The summed E-state index contributed by atoms with van der Waals surface area (Å²) in [4.78, 5) is 23.1. The quantitative estimate of drug-likeness (QED) is 0.181. The molecule has 2 fully saturated rings. The van der Waals surface area contributed by atoms with Crippen LogP contribution < -0.4 is 21.3 Å². The molecule has 0 aromatic heterocycles. The lowest BCUT2D eigenvalue weighted by Gasteiger charge is -2.41. The van der Waals surface area contributed by atoms with E-state index in [1.54, 1.807) is 0 Å². The van der Waals surface area contributed by atoms with Crippen molar-refractivity contribution in [3.05, 3.63) is 0 Å². The number of piperidine rings is 1. The lowest BCUT2D eigenvalue weighted by Crippen LogP contribution is -2.60. The Labute approximate surface area is 156 Å². The maximum Gasteiger partial charge on any atom is 0.346 e. The van der Waals surface area contributed by atoms with E-state index >= 15 is 0 Å². The Kier molecular flexibility index (Phi) is 4.51. The molecule has 0 bridgehead atoms. The number of carbonyl (C=O) groups excluding carboxylic acids is 2. The largest absolute Gasteiger partial charge is 0.726 e. The molecule has 2 saturated heterocycles. The highest BCUT2D eigenvalue weighted by Gasteiger charge is 2.51. The van der Waals surface area contributed by atoms with Crippen LogP contribution in [-0.4, -0.2) is 72.3 Å². The molecule has 4 rings (SSSR count). The molecule has 0 spiro atoms. The molecule has 0 aliphatic carbocycles. The zero-order valence-corrected chi connectivity index (χ0v) is 15.6. The normalized spacial score (nSPS) is 38.4. The second kappa shape index (κ2) is 6.60. The van der Waals surface area contributed by atoms with Crippen LogP contribution in [0, 0.1) is 5.92 Å². The average Bonchev–Trinajstić information content (AvgIpc) is 2.94. The minimum absolute atomic E-state index is 0.00150. The van der Waals surface area contributed by atoms with Crippen molar-refractivity contribution in [1.82, 2.24) is 21.3 Å². The smallest absolute Gasteiger partial charge is 0.346 e. The van der Waals surface area contributed by atoms with Crippen LogP contribution in [0.5, 0.6) is 0 Å². The van der Waals surface area contributed by atoms with Gasteiger partial charge in [0.15, 0.2) is 0 Å². The minimum atomic E-state index is -4.76. The molecule has 3 amide bonds. The van der Waals surface area contributed by atoms with Crippen molar-refractivity contribution in [3.8, 4) is 0 Å². The third-order valence-corrected chi connectivity index (χ3v) is 6.40. The van der Waals surface area contributed by atoms with E-state index < -0.39 is 22.5 Å². The first-order valence-corrected chi connectivity index (χ1v) is 10.4. The maximum atomic E-state index is 11.6. The van der Waals surface area contributed by atoms with Crippen LogP contribution >= 0.6 is 0 Å². The van der Waals surface area contributed by atoms with E-state index in [1.165, 1.54) is 0 Å². The predicted molar refractivity (Wildman–Crippen MR) is 90.4 cm³/mol. The number of imide groups is 1. The third kappa shape index (κ3) is 3.73. The maximum absolute atomic E-state index is 11.6. The topological polar surface area (TPSA) is 152 Å². The predicted octanol–water partition coefficient (Wildman–Crippen LogP) is -2.07. The summed E-state index contributed by atoms with van der Waals surface area (Å²) in [5, 5.41) is 11.7. The monoisotopic (exact) mass is 403 g/mol.